The van der Waals surface area contributed by atoms with Crippen molar-refractivity contribution in [2.75, 3.05) is 13.2 Å². The number of rotatable bonds is 3. The maximum atomic E-state index is 13.5. The highest BCUT2D eigenvalue weighted by Gasteiger charge is 2.29. The summed E-state index contributed by atoms with van der Waals surface area (Å²) in [6.07, 6.45) is 0.591. The van der Waals surface area contributed by atoms with Crippen LogP contribution in [0.3, 0.4) is 0 Å². The molecule has 1 fully saturated rings. The van der Waals surface area contributed by atoms with Crippen molar-refractivity contribution < 1.29 is 18.4 Å². The number of aromatic nitrogens is 2. The van der Waals surface area contributed by atoms with E-state index in [1.54, 1.807) is 18.2 Å². The van der Waals surface area contributed by atoms with Crippen LogP contribution in [0.1, 0.15) is 29.6 Å². The van der Waals surface area contributed by atoms with Gasteiger partial charge in [0.05, 0.1) is 13.2 Å². The molecule has 3 rings (SSSR count). The zero-order chi connectivity index (χ0) is 13.9. The van der Waals surface area contributed by atoms with Gasteiger partial charge in [-0.05, 0) is 11.6 Å². The van der Waals surface area contributed by atoms with Gasteiger partial charge in [-0.2, -0.15) is 4.98 Å². The highest BCUT2D eigenvalue weighted by molar-refractivity contribution is 5.85. The second kappa shape index (κ2) is 5.50. The molecule has 0 bridgehead atoms. The number of ether oxygens (including phenoxy) is 1. The first-order valence-electron chi connectivity index (χ1n) is 6.40. The fraction of sp³-hybridized carbons (Fsp3) is 0.357. The highest BCUT2D eigenvalue weighted by atomic mass is 19.1. The quantitative estimate of drug-likeness (QED) is 0.856. The number of carbonyl (C=O) groups excluding carboxylic acids is 1. The number of hydrogen-bond donors (Lipinski definition) is 0. The largest absolute Gasteiger partial charge is 0.380 e. The van der Waals surface area contributed by atoms with Gasteiger partial charge in [-0.25, -0.2) is 4.39 Å². The SMILES string of the molecule is O=C1CCOCC1c1nc(Cc2ccccc2F)no1. The van der Waals surface area contributed by atoms with E-state index in [0.717, 1.165) is 0 Å². The van der Waals surface area contributed by atoms with Gasteiger partial charge in [-0.3, -0.25) is 4.79 Å². The summed E-state index contributed by atoms with van der Waals surface area (Å²) in [4.78, 5) is 15.9. The Balaban J connectivity index is 1.77. The predicted molar refractivity (Wildman–Crippen MR) is 66.7 cm³/mol. The first-order valence-corrected chi connectivity index (χ1v) is 6.40. The van der Waals surface area contributed by atoms with Crippen molar-refractivity contribution in [3.8, 4) is 0 Å². The van der Waals surface area contributed by atoms with E-state index in [1.807, 2.05) is 0 Å². The van der Waals surface area contributed by atoms with Gasteiger partial charge in [-0.1, -0.05) is 23.4 Å². The van der Waals surface area contributed by atoms with Gasteiger partial charge in [0.1, 0.15) is 17.5 Å². The van der Waals surface area contributed by atoms with Crippen molar-refractivity contribution in [1.82, 2.24) is 10.1 Å². The molecule has 0 saturated carbocycles. The Kier molecular flexibility index (Phi) is 3.56. The molecule has 5 nitrogen and oxygen atoms in total. The van der Waals surface area contributed by atoms with E-state index < -0.39 is 5.92 Å². The third-order valence-electron chi connectivity index (χ3n) is 3.25. The van der Waals surface area contributed by atoms with E-state index in [9.17, 15) is 9.18 Å². The smallest absolute Gasteiger partial charge is 0.239 e. The van der Waals surface area contributed by atoms with Gasteiger partial charge in [0, 0.05) is 12.8 Å². The van der Waals surface area contributed by atoms with Crippen molar-refractivity contribution in [2.24, 2.45) is 0 Å². The topological polar surface area (TPSA) is 65.2 Å². The Morgan fingerprint density at radius 3 is 3.00 bits per heavy atom. The summed E-state index contributed by atoms with van der Waals surface area (Å²) in [5, 5.41) is 3.80. The summed E-state index contributed by atoms with van der Waals surface area (Å²) in [6.45, 7) is 0.700. The van der Waals surface area contributed by atoms with Crippen LogP contribution in [-0.4, -0.2) is 29.1 Å². The zero-order valence-electron chi connectivity index (χ0n) is 10.7. The first-order chi connectivity index (χ1) is 9.74. The van der Waals surface area contributed by atoms with Crippen molar-refractivity contribution >= 4 is 5.78 Å². The second-order valence-electron chi connectivity index (χ2n) is 4.66. The van der Waals surface area contributed by atoms with E-state index in [1.165, 1.54) is 6.07 Å². The molecule has 104 valence electrons. The summed E-state index contributed by atoms with van der Waals surface area (Å²) in [6, 6.07) is 6.42. The van der Waals surface area contributed by atoms with Crippen LogP contribution in [0.15, 0.2) is 28.8 Å². The second-order valence-corrected chi connectivity index (χ2v) is 4.66. The lowest BCUT2D eigenvalue weighted by Gasteiger charge is -2.17. The van der Waals surface area contributed by atoms with Gasteiger partial charge < -0.3 is 9.26 Å². The molecule has 2 aromatic rings. The van der Waals surface area contributed by atoms with Gasteiger partial charge in [0.2, 0.25) is 5.89 Å². The normalized spacial score (nSPS) is 19.2. The molecule has 1 saturated heterocycles. The summed E-state index contributed by atoms with van der Waals surface area (Å²) in [5.41, 5.74) is 0.492. The Bertz CT molecular complexity index is 626. The van der Waals surface area contributed by atoms with Crippen LogP contribution in [0.5, 0.6) is 0 Å². The van der Waals surface area contributed by atoms with Gasteiger partial charge in [0.15, 0.2) is 5.82 Å². The molecule has 0 radical (unpaired) electrons. The summed E-state index contributed by atoms with van der Waals surface area (Å²) in [5.74, 6) is -0.150. The minimum absolute atomic E-state index is 0.0392. The van der Waals surface area contributed by atoms with Crippen LogP contribution >= 0.6 is 0 Å². The minimum Gasteiger partial charge on any atom is -0.380 e. The molecular weight excluding hydrogens is 263 g/mol. The standard InChI is InChI=1S/C14H13FN2O3/c15-11-4-2-1-3-9(11)7-13-16-14(20-17-13)10-8-19-6-5-12(10)18/h1-4,10H,5-8H2. The molecule has 6 heteroatoms. The lowest BCUT2D eigenvalue weighted by atomic mass is 10.0. The molecule has 0 N–H and O–H groups in total. The summed E-state index contributed by atoms with van der Waals surface area (Å²) < 4.78 is 23.9. The fourth-order valence-corrected chi connectivity index (χ4v) is 2.14. The molecule has 1 atom stereocenters. The molecule has 1 unspecified atom stereocenters. The van der Waals surface area contributed by atoms with Crippen LogP contribution in [0.25, 0.3) is 0 Å². The lowest BCUT2D eigenvalue weighted by Crippen LogP contribution is -2.25. The predicted octanol–water partition coefficient (Wildman–Crippen LogP) is 1.87. The number of Topliss-reactive ketones (excluding diaryl/α,β-unsaturated/α-hetero) is 1. The fourth-order valence-electron chi connectivity index (χ4n) is 2.14. The Hall–Kier alpha value is -2.08. The Morgan fingerprint density at radius 1 is 1.35 bits per heavy atom. The van der Waals surface area contributed by atoms with E-state index in [0.29, 0.717) is 24.4 Å². The number of benzene rings is 1. The number of carbonyl (C=O) groups is 1. The molecule has 1 aromatic heterocycles. The molecule has 1 aliphatic heterocycles. The number of halogens is 1. The van der Waals surface area contributed by atoms with Crippen LogP contribution in [0, 0.1) is 5.82 Å². The number of hydrogen-bond acceptors (Lipinski definition) is 5. The number of ketones is 1. The third-order valence-corrected chi connectivity index (χ3v) is 3.25. The van der Waals surface area contributed by atoms with E-state index in [-0.39, 0.29) is 30.5 Å². The monoisotopic (exact) mass is 276 g/mol. The van der Waals surface area contributed by atoms with Gasteiger partial charge in [0.25, 0.3) is 0 Å². The van der Waals surface area contributed by atoms with Gasteiger partial charge in [-0.15, -0.1) is 0 Å². The zero-order valence-corrected chi connectivity index (χ0v) is 10.7. The maximum absolute atomic E-state index is 13.5. The van der Waals surface area contributed by atoms with E-state index >= 15 is 0 Å². The summed E-state index contributed by atoms with van der Waals surface area (Å²) >= 11 is 0. The molecule has 0 spiro atoms. The molecule has 1 aliphatic rings. The minimum atomic E-state index is -0.495. The van der Waals surface area contributed by atoms with Gasteiger partial charge >= 0.3 is 0 Å². The molecule has 0 aliphatic carbocycles. The average Bonchev–Trinajstić information content (AvgIpc) is 2.90. The van der Waals surface area contributed by atoms with Crippen LogP contribution in [-0.2, 0) is 16.0 Å². The summed E-state index contributed by atoms with van der Waals surface area (Å²) in [7, 11) is 0. The number of nitrogens with zero attached hydrogens (tertiary/aromatic N) is 2. The van der Waals surface area contributed by atoms with Crippen molar-refractivity contribution in [3.63, 3.8) is 0 Å². The van der Waals surface area contributed by atoms with E-state index in [2.05, 4.69) is 10.1 Å². The van der Waals surface area contributed by atoms with Crippen molar-refractivity contribution in [2.45, 2.75) is 18.8 Å². The van der Waals surface area contributed by atoms with Crippen LogP contribution in [0.4, 0.5) is 4.39 Å². The van der Waals surface area contributed by atoms with E-state index in [4.69, 9.17) is 9.26 Å². The first kappa shape index (κ1) is 12.9. The molecular formula is C14H13FN2O3. The Morgan fingerprint density at radius 2 is 2.20 bits per heavy atom. The van der Waals surface area contributed by atoms with Crippen LogP contribution in [0.2, 0.25) is 0 Å². The third kappa shape index (κ3) is 2.60. The highest BCUT2D eigenvalue weighted by Crippen LogP contribution is 2.21. The van der Waals surface area contributed by atoms with Crippen molar-refractivity contribution in [3.05, 3.63) is 47.4 Å². The Labute approximate surface area is 114 Å². The van der Waals surface area contributed by atoms with Crippen LogP contribution < -0.4 is 0 Å². The lowest BCUT2D eigenvalue weighted by molar-refractivity contribution is -0.127. The molecule has 0 amide bonds. The maximum Gasteiger partial charge on any atom is 0.239 e. The molecule has 1 aromatic carbocycles. The van der Waals surface area contributed by atoms with Crippen molar-refractivity contribution in [1.29, 1.82) is 0 Å². The molecule has 2 heterocycles. The average molecular weight is 276 g/mol. The molecule has 20 heavy (non-hydrogen) atoms.